The number of carboxylic acids is 1. The number of nitrogens with two attached hydrogens (primary N) is 1. The van der Waals surface area contributed by atoms with E-state index in [2.05, 4.69) is 26.6 Å². The Morgan fingerprint density at radius 2 is 1.47 bits per heavy atom. The molecule has 0 aliphatic rings. The van der Waals surface area contributed by atoms with Crippen LogP contribution in [0.4, 0.5) is 0 Å². The first-order valence-corrected chi connectivity index (χ1v) is 17.5. The van der Waals surface area contributed by atoms with Gasteiger partial charge in [0.2, 0.25) is 11.8 Å². The first-order valence-electron chi connectivity index (χ1n) is 15.9. The summed E-state index contributed by atoms with van der Waals surface area (Å²) in [6.45, 7) is 4.53. The molecule has 0 fully saturated rings. The molecule has 16 heteroatoms. The Kier molecular flexibility index (Phi) is 14.7. The average molecular weight is 745 g/mol. The van der Waals surface area contributed by atoms with E-state index < -0.39 is 66.7 Å². The van der Waals surface area contributed by atoms with E-state index in [0.717, 1.165) is 4.26 Å². The number of carbonyl (C=O) groups excluding carboxylic acids is 5. The van der Waals surface area contributed by atoms with Crippen molar-refractivity contribution in [1.82, 2.24) is 30.1 Å². The number of nitrogens with one attached hydrogen (secondary N) is 5. The smallest absolute Gasteiger partial charge is 0.326 e. The van der Waals surface area contributed by atoms with Crippen LogP contribution < -0.4 is 37.9 Å². The number of benzene rings is 2. The van der Waals surface area contributed by atoms with Gasteiger partial charge in [0, 0.05) is 0 Å². The van der Waals surface area contributed by atoms with Gasteiger partial charge in [-0.15, -0.1) is 0 Å². The van der Waals surface area contributed by atoms with Gasteiger partial charge in [-0.05, 0) is 45.1 Å². The third kappa shape index (κ3) is 11.7. The van der Waals surface area contributed by atoms with Crippen molar-refractivity contribution in [2.24, 2.45) is 11.7 Å². The summed E-state index contributed by atoms with van der Waals surface area (Å²) < 4.78 is 2.66. The summed E-state index contributed by atoms with van der Waals surface area (Å²) in [4.78, 5) is 87.4. The zero-order valence-electron chi connectivity index (χ0n) is 27.6. The van der Waals surface area contributed by atoms with Crippen molar-refractivity contribution in [2.75, 3.05) is 19.6 Å². The average Bonchev–Trinajstić information content (AvgIpc) is 3.41. The molecule has 0 saturated carbocycles. The van der Waals surface area contributed by atoms with Gasteiger partial charge < -0.3 is 26.8 Å². The molecule has 3 aromatic rings. The molecule has 8 N–H and O–H groups in total. The topological polar surface area (TPSA) is 231 Å². The van der Waals surface area contributed by atoms with Gasteiger partial charge in [0.1, 0.15) is 18.1 Å². The van der Waals surface area contributed by atoms with Crippen LogP contribution >= 0.6 is 0 Å². The molecule has 3 atom stereocenters. The maximum atomic E-state index is 12.9. The number of fused-ring (bicyclic) bond motifs is 1. The Morgan fingerprint density at radius 1 is 0.816 bits per heavy atom. The van der Waals surface area contributed by atoms with Crippen LogP contribution in [-0.2, 0) is 24.0 Å². The van der Waals surface area contributed by atoms with Crippen molar-refractivity contribution in [1.29, 1.82) is 0 Å². The van der Waals surface area contributed by atoms with Crippen molar-refractivity contribution < 1.29 is 33.9 Å². The summed E-state index contributed by atoms with van der Waals surface area (Å²) in [6.07, 6.45) is 1.51. The fraction of sp³-hybridized carbons (Fsp3) is 0.424. The molecule has 49 heavy (non-hydrogen) atoms. The van der Waals surface area contributed by atoms with Gasteiger partial charge in [0.05, 0.1) is 0 Å². The van der Waals surface area contributed by atoms with E-state index in [1.165, 1.54) is 6.92 Å². The first-order chi connectivity index (χ1) is 23.3. The number of hydrogen-bond acceptors (Lipinski definition) is 8. The molecular weight excluding hydrogens is 701 g/mol. The zero-order valence-corrected chi connectivity index (χ0v) is 29.3. The SMILES string of the molecule is CC(C)C[C@@H](NC(=O)[C@@H](CCCCN)NC(=O)[C@@H](C)NC(=O)CNC(=O)CNC(=O)c1ccc(-n2[se]c3ccccc3c2=O)cc1)C(=O)O. The van der Waals surface area contributed by atoms with Gasteiger partial charge in [0.25, 0.3) is 0 Å². The minimum absolute atomic E-state index is 0.00467. The van der Waals surface area contributed by atoms with E-state index in [1.807, 2.05) is 32.0 Å². The number of rotatable bonds is 18. The second-order valence-corrected chi connectivity index (χ2v) is 13.9. The summed E-state index contributed by atoms with van der Waals surface area (Å²) in [5.74, 6) is -4.38. The van der Waals surface area contributed by atoms with Crippen molar-refractivity contribution in [3.63, 3.8) is 0 Å². The van der Waals surface area contributed by atoms with Crippen molar-refractivity contribution in [2.45, 2.75) is 64.6 Å². The molecular formula is C33H43N7O8Se. The van der Waals surface area contributed by atoms with Crippen LogP contribution in [0.3, 0.4) is 0 Å². The van der Waals surface area contributed by atoms with Crippen LogP contribution in [0.2, 0.25) is 0 Å². The number of nitrogens with zero attached hydrogens (tertiary/aromatic N) is 1. The molecule has 0 spiro atoms. The van der Waals surface area contributed by atoms with E-state index in [9.17, 15) is 38.7 Å². The third-order valence-corrected chi connectivity index (χ3v) is 9.72. The first kappa shape index (κ1) is 38.7. The van der Waals surface area contributed by atoms with Gasteiger partial charge in [0.15, 0.2) is 0 Å². The van der Waals surface area contributed by atoms with Crippen LogP contribution in [0.1, 0.15) is 56.8 Å². The molecule has 0 unspecified atom stereocenters. The number of hydrogen-bond donors (Lipinski definition) is 7. The standard InChI is InChI=1S/C33H43N7O8Se/c1-19(2)16-25(33(47)48)39-31(45)24(9-6-7-15-34)38-29(43)20(3)37-28(42)18-35-27(41)17-36-30(44)21-11-13-22(14-12-21)40-32(46)23-8-4-5-10-26(23)49-40/h4-5,8,10-14,19-20,24-25H,6-7,9,15-18,34H2,1-3H3,(H,35,41)(H,36,44)(H,37,42)(H,38,43)(H,39,45)(H,47,48)/t20-,24-,25-/m1/s1. The van der Waals surface area contributed by atoms with Gasteiger partial charge in [-0.25, -0.2) is 4.79 Å². The van der Waals surface area contributed by atoms with Gasteiger partial charge in [-0.1, -0.05) is 13.8 Å². The fourth-order valence-corrected chi connectivity index (χ4v) is 6.87. The predicted molar refractivity (Wildman–Crippen MR) is 183 cm³/mol. The van der Waals surface area contributed by atoms with E-state index in [0.29, 0.717) is 30.5 Å². The van der Waals surface area contributed by atoms with E-state index in [-0.39, 0.29) is 44.6 Å². The van der Waals surface area contributed by atoms with Crippen LogP contribution in [-0.4, -0.2) is 96.7 Å². The molecule has 0 aliphatic carbocycles. The van der Waals surface area contributed by atoms with Gasteiger partial charge in [-0.3, -0.25) is 14.4 Å². The molecule has 5 amide bonds. The second-order valence-electron chi connectivity index (χ2n) is 11.9. The number of carboxylic acid groups (broad SMARTS) is 1. The maximum Gasteiger partial charge on any atom is 0.326 e. The zero-order chi connectivity index (χ0) is 36.1. The van der Waals surface area contributed by atoms with E-state index in [4.69, 9.17) is 5.73 Å². The van der Waals surface area contributed by atoms with Crippen LogP contribution in [0.15, 0.2) is 53.3 Å². The van der Waals surface area contributed by atoms with Crippen LogP contribution in [0.5, 0.6) is 0 Å². The van der Waals surface area contributed by atoms with Crippen molar-refractivity contribution in [3.8, 4) is 5.69 Å². The molecule has 264 valence electrons. The Bertz CT molecular complexity index is 1700. The van der Waals surface area contributed by atoms with Crippen molar-refractivity contribution in [3.05, 3.63) is 64.4 Å². The Balaban J connectivity index is 1.45. The fourth-order valence-electron chi connectivity index (χ4n) is 4.78. The number of carbonyl (C=O) groups is 6. The Labute approximate surface area is 289 Å². The maximum absolute atomic E-state index is 12.9. The van der Waals surface area contributed by atoms with Crippen molar-refractivity contribution >= 4 is 59.9 Å². The number of amides is 5. The summed E-state index contributed by atoms with van der Waals surface area (Å²) >= 11 is -0.215. The summed E-state index contributed by atoms with van der Waals surface area (Å²) in [5.41, 5.74) is 6.38. The molecule has 0 saturated heterocycles. The third-order valence-electron chi connectivity index (χ3n) is 7.38. The largest absolute Gasteiger partial charge is 0.480 e. The van der Waals surface area contributed by atoms with Gasteiger partial charge in [-0.2, -0.15) is 0 Å². The number of aromatic nitrogens is 1. The summed E-state index contributed by atoms with van der Waals surface area (Å²) in [7, 11) is 0. The van der Waals surface area contributed by atoms with E-state index in [1.54, 1.807) is 33.9 Å². The minimum Gasteiger partial charge on any atom is -0.480 e. The molecule has 2 aromatic carbocycles. The molecule has 1 heterocycles. The Morgan fingerprint density at radius 3 is 2.10 bits per heavy atom. The summed E-state index contributed by atoms with van der Waals surface area (Å²) in [5, 5.41) is 22.5. The normalized spacial score (nSPS) is 12.8. The Hall–Kier alpha value is -4.79. The number of aliphatic carboxylic acids is 1. The van der Waals surface area contributed by atoms with Gasteiger partial charge >= 0.3 is 155 Å². The van der Waals surface area contributed by atoms with Crippen LogP contribution in [0.25, 0.3) is 15.3 Å². The van der Waals surface area contributed by atoms with Crippen LogP contribution in [0, 0.1) is 5.92 Å². The monoisotopic (exact) mass is 745 g/mol. The predicted octanol–water partition coefficient (Wildman–Crippen LogP) is -0.372. The molecule has 3 rings (SSSR count). The van der Waals surface area contributed by atoms with E-state index >= 15 is 0 Å². The molecule has 1 aromatic heterocycles. The minimum atomic E-state index is -1.19. The second kappa shape index (κ2) is 18.7. The number of unbranched alkanes of at least 4 members (excludes halogenated alkanes) is 1. The molecule has 0 radical (unpaired) electrons. The molecule has 0 bridgehead atoms. The quantitative estimate of drug-likeness (QED) is 0.0665. The molecule has 15 nitrogen and oxygen atoms in total. The summed E-state index contributed by atoms with van der Waals surface area (Å²) in [6, 6.07) is 10.6. The molecule has 0 aliphatic heterocycles.